The van der Waals surface area contributed by atoms with E-state index in [1.54, 1.807) is 30.3 Å². The van der Waals surface area contributed by atoms with Crippen molar-refractivity contribution in [2.45, 2.75) is 225 Å². The summed E-state index contributed by atoms with van der Waals surface area (Å²) in [6.45, 7) is 7.62. The predicted octanol–water partition coefficient (Wildman–Crippen LogP) is 27.3. The van der Waals surface area contributed by atoms with Crippen LogP contribution in [0.4, 0.5) is 94.3 Å². The van der Waals surface area contributed by atoms with Crippen LogP contribution in [0.25, 0.3) is 0 Å². The number of rotatable bonds is 21. The molecule has 0 radical (unpaired) electrons. The summed E-state index contributed by atoms with van der Waals surface area (Å²) in [6.07, 6.45) is -7.21. The largest absolute Gasteiger partial charge is 0.416 e. The number of benzene rings is 10. The van der Waals surface area contributed by atoms with Gasteiger partial charge in [0.2, 0.25) is 0 Å². The maximum absolute atomic E-state index is 13.4. The number of likely N-dealkylation sites (N-methyl/N-ethyl adjacent to an activating group) is 1. The summed E-state index contributed by atoms with van der Waals surface area (Å²) >= 11 is 0. The number of nitrogens with zero attached hydrogens (tertiary/aromatic N) is 3. The smallest absolute Gasteiger partial charge is 0.395 e. The van der Waals surface area contributed by atoms with Crippen LogP contribution >= 0.6 is 0 Å². The summed E-state index contributed by atoms with van der Waals surface area (Å²) in [5, 5.41) is 37.5. The van der Waals surface area contributed by atoms with Crippen LogP contribution < -0.4 is 42.5 Å². The van der Waals surface area contributed by atoms with Crippen molar-refractivity contribution in [2.75, 3.05) is 102 Å². The molecule has 10 aliphatic rings. The summed E-state index contributed by atoms with van der Waals surface area (Å²) in [5.41, 5.74) is 11.3. The fraction of sp³-hybridized carbons (Fsp3) is 0.469. The van der Waals surface area contributed by atoms with Gasteiger partial charge in [0, 0.05) is 88.9 Å². The number of halogens is 15. The highest BCUT2D eigenvalue weighted by Crippen LogP contribution is 2.61. The Bertz CT molecular complexity index is 5650. The van der Waals surface area contributed by atoms with Gasteiger partial charge >= 0.3 is 30.9 Å². The number of anilines is 5. The lowest BCUT2D eigenvalue weighted by Gasteiger charge is -2.41. The van der Waals surface area contributed by atoms with Gasteiger partial charge in [0.15, 0.2) is 0 Å². The van der Waals surface area contributed by atoms with Gasteiger partial charge in [-0.3, -0.25) is 0 Å². The number of nitrogens with one attached hydrogen (secondary N) is 8. The van der Waals surface area contributed by atoms with Gasteiger partial charge in [-0.15, -0.1) is 0 Å². The van der Waals surface area contributed by atoms with E-state index in [2.05, 4.69) is 160 Å². The SMILES string of the molecule is CC(C)N[C@H]1CC[C@@H]2C1c1cc(C(F)(F)F)ccc1N[C@@H]2c1ccccc1.CN(C)CCCC[C@H]1CC2c3cc(C(F)(F)F)ccc3N[C@@H](c3ccccc3)[C@@H]2C1.CN(C)CCCN[C@H]1CC[C@@H]2C1c1cc(C(F)(F)F)ccc1N[C@@H]2c1ccccc1.CN(C)[C@H]1CC[C@@H]2C1c1cc(C(F)(F)F)ccc1N[C@@H]2c1ccccc1.OCCN[C@H]1CC[C@@H]2C1c1cc(C(F)(F)F)ccc1N[C@@H]2c1ccccc1. The van der Waals surface area contributed by atoms with Crippen LogP contribution in [0.2, 0.25) is 0 Å². The molecule has 9 N–H and O–H groups in total. The lowest BCUT2D eigenvalue weighted by atomic mass is 9.75. The van der Waals surface area contributed by atoms with Crippen LogP contribution in [-0.2, 0) is 30.9 Å². The molecule has 27 heteroatoms. The van der Waals surface area contributed by atoms with Crippen LogP contribution in [0, 0.1) is 35.5 Å². The van der Waals surface area contributed by atoms with Crippen LogP contribution in [0.3, 0.4) is 0 Å². The molecular weight excluding hydrogens is 1810 g/mol. The summed E-state index contributed by atoms with van der Waals surface area (Å²) in [6, 6.07) is 73.6. The van der Waals surface area contributed by atoms with Gasteiger partial charge in [0.25, 0.3) is 0 Å². The molecule has 12 nitrogen and oxygen atoms in total. The van der Waals surface area contributed by atoms with Crippen molar-refractivity contribution in [3.63, 3.8) is 0 Å². The molecule has 0 aromatic heterocycles. The third kappa shape index (κ3) is 23.7. The van der Waals surface area contributed by atoms with Gasteiger partial charge in [0.05, 0.1) is 64.6 Å². The molecule has 5 aliphatic carbocycles. The number of aliphatic hydroxyl groups excluding tert-OH is 1. The molecule has 140 heavy (non-hydrogen) atoms. The highest BCUT2D eigenvalue weighted by Gasteiger charge is 2.53. The van der Waals surface area contributed by atoms with E-state index in [1.807, 2.05) is 105 Å². The molecule has 5 heterocycles. The second-order valence-electron chi connectivity index (χ2n) is 41.1. The van der Waals surface area contributed by atoms with Crippen LogP contribution in [-0.4, -0.2) is 125 Å². The van der Waals surface area contributed by atoms with Gasteiger partial charge in [-0.05, 0) is 327 Å². The highest BCUT2D eigenvalue weighted by molar-refractivity contribution is 5.65. The minimum atomic E-state index is -4.35. The van der Waals surface area contributed by atoms with E-state index in [0.717, 1.165) is 165 Å². The average Bonchev–Trinajstić information content (AvgIpc) is 1.55. The highest BCUT2D eigenvalue weighted by atomic mass is 19.4. The Morgan fingerprint density at radius 1 is 0.321 bits per heavy atom. The number of alkyl halides is 15. The quantitative estimate of drug-likeness (QED) is 0.0251. The third-order valence-electron chi connectivity index (χ3n) is 31.1. The van der Waals surface area contributed by atoms with E-state index < -0.39 is 58.7 Å². The van der Waals surface area contributed by atoms with Gasteiger partial charge < -0.3 is 62.3 Å². The maximum atomic E-state index is 13.4. The van der Waals surface area contributed by atoms with Crippen LogP contribution in [0.15, 0.2) is 243 Å². The zero-order valence-corrected chi connectivity index (χ0v) is 80.6. The lowest BCUT2D eigenvalue weighted by molar-refractivity contribution is -0.138. The number of hydrogen-bond donors (Lipinski definition) is 9. The first kappa shape index (κ1) is 103. The van der Waals surface area contributed by atoms with Crippen molar-refractivity contribution in [3.8, 4) is 0 Å². The van der Waals surface area contributed by atoms with E-state index in [1.165, 1.54) is 89.7 Å². The molecule has 20 rings (SSSR count). The Labute approximate surface area is 813 Å². The molecule has 5 fully saturated rings. The second kappa shape index (κ2) is 44.0. The molecule has 0 spiro atoms. The topological polar surface area (TPSA) is 126 Å². The lowest BCUT2D eigenvalue weighted by Crippen LogP contribution is -2.41. The Hall–Kier alpha value is -10.1. The van der Waals surface area contributed by atoms with E-state index >= 15 is 0 Å². The molecule has 10 aromatic rings. The van der Waals surface area contributed by atoms with Crippen molar-refractivity contribution >= 4 is 28.4 Å². The molecule has 750 valence electrons. The van der Waals surface area contributed by atoms with Crippen molar-refractivity contribution in [1.82, 2.24) is 30.7 Å². The van der Waals surface area contributed by atoms with Crippen LogP contribution in [0.5, 0.6) is 0 Å². The van der Waals surface area contributed by atoms with E-state index in [9.17, 15) is 71.0 Å². The summed E-state index contributed by atoms with van der Waals surface area (Å²) < 4.78 is 200. The average molecular weight is 1950 g/mol. The molecule has 5 aliphatic heterocycles. The maximum Gasteiger partial charge on any atom is 0.416 e. The molecule has 5 unspecified atom stereocenters. The van der Waals surface area contributed by atoms with Gasteiger partial charge in [-0.25, -0.2) is 0 Å². The van der Waals surface area contributed by atoms with Gasteiger partial charge in [0.1, 0.15) is 0 Å². The molecule has 10 aromatic carbocycles. The first-order valence-corrected chi connectivity index (χ1v) is 49.8. The van der Waals surface area contributed by atoms with Crippen molar-refractivity contribution < 1.29 is 71.0 Å². The van der Waals surface area contributed by atoms with Crippen LogP contribution in [0.1, 0.15) is 247 Å². The molecule has 0 amide bonds. The summed E-state index contributed by atoms with van der Waals surface area (Å²) in [4.78, 5) is 6.53. The predicted molar refractivity (Wildman–Crippen MR) is 528 cm³/mol. The van der Waals surface area contributed by atoms with Crippen molar-refractivity contribution in [2.24, 2.45) is 35.5 Å². The summed E-state index contributed by atoms with van der Waals surface area (Å²) in [7, 11) is 12.3. The second-order valence-corrected chi connectivity index (χ2v) is 41.1. The molecule has 0 saturated heterocycles. The first-order valence-electron chi connectivity index (χ1n) is 49.8. The summed E-state index contributed by atoms with van der Waals surface area (Å²) in [5.74, 6) is 2.40. The fourth-order valence-corrected chi connectivity index (χ4v) is 25.0. The minimum absolute atomic E-state index is 0.0136. The number of unbranched alkanes of at least 4 members (excludes halogenated alkanes) is 1. The van der Waals surface area contributed by atoms with Crippen molar-refractivity contribution in [3.05, 3.63) is 326 Å². The monoisotopic (exact) mass is 1940 g/mol. The van der Waals surface area contributed by atoms with Crippen molar-refractivity contribution in [1.29, 1.82) is 0 Å². The van der Waals surface area contributed by atoms with Gasteiger partial charge in [-0.1, -0.05) is 178 Å². The number of fused-ring (bicyclic) bond motifs is 15. The Morgan fingerprint density at radius 3 is 0.943 bits per heavy atom. The standard InChI is InChI=1S/C25H31F3N2.C24H30F3N3.C22H25F3N2.C21H23F3N2O.C21H23F3N2/c1-30(2)13-7-6-8-17-14-20-21-16-19(25(26,27)28)11-12-23(21)29-24(22(20)15-17)18-9-4-3-5-10-18;1-30(2)14-6-13-28-21-12-10-18-22(21)19-15-17(24(25,26)27)9-11-20(19)29-23(18)16-7-4-3-5-8-16;1-13(2)26-19-11-9-16-20(19)17-12-15(22(23,24)25)8-10-18(17)27-21(16)14-6-4-3-5-7-14;22-21(23,24)14-6-8-17-16(12-14)19-15(7-9-18(19)25-10-11-27)20(26-17)13-4-2-1-3-5-13;1-26(2)18-11-9-15-19(18)16-12-14(21(22,23)24)8-10-17(16)25-20(15)13-6-4-3-5-7-13/h3-5,9-12,16-17,20,22,24,29H,6-8,13-15H2,1-2H3;3-5,7-9,11,15,18,21-23,28-29H,6,10,12-14H2,1-2H3;3-8,10,12-13,16,19-21,26-27H,9,11H2,1-2H3;1-6,8,12,15,18-20,25-27H,7,9-11H2;3-8,10,12,15,18-20,25H,9,11H2,1-2H3/t17-,20?,22+,24-;18-,21+,22?,23-;16-,19+,20?,21-;2*15-,18+,19?,20-/m01111/s1. The zero-order chi connectivity index (χ0) is 99.3. The fourth-order valence-electron chi connectivity index (χ4n) is 25.0. The number of aliphatic hydroxyl groups is 1. The molecular formula is C113H132F15N11O. The third-order valence-corrected chi connectivity index (χ3v) is 31.1. The van der Waals surface area contributed by atoms with E-state index in [4.69, 9.17) is 0 Å². The molecule has 20 atom stereocenters. The Morgan fingerprint density at radius 2 is 0.614 bits per heavy atom. The minimum Gasteiger partial charge on any atom is -0.395 e. The van der Waals surface area contributed by atoms with E-state index in [-0.39, 0.29) is 108 Å². The molecule has 5 saturated carbocycles. The molecule has 0 bridgehead atoms. The normalized spacial score (nSPS) is 26.6. The first-order chi connectivity index (χ1) is 66.9. The van der Waals surface area contributed by atoms with E-state index in [0.29, 0.717) is 30.3 Å². The number of hydrogen-bond acceptors (Lipinski definition) is 12. The van der Waals surface area contributed by atoms with Gasteiger partial charge in [-0.2, -0.15) is 65.9 Å². The Kier molecular flexibility index (Phi) is 32.3. The zero-order valence-electron chi connectivity index (χ0n) is 80.6. The Balaban J connectivity index is 0.000000126.